The van der Waals surface area contributed by atoms with E-state index in [1.54, 1.807) is 6.07 Å². The molecule has 0 aliphatic heterocycles. The third-order valence-corrected chi connectivity index (χ3v) is 3.93. The Labute approximate surface area is 135 Å². The van der Waals surface area contributed by atoms with E-state index in [4.69, 9.17) is 0 Å². The maximum absolute atomic E-state index is 12.3. The molecule has 1 heterocycles. The molecule has 0 saturated heterocycles. The number of anilines is 1. The van der Waals surface area contributed by atoms with Gasteiger partial charge < -0.3 is 10.6 Å². The summed E-state index contributed by atoms with van der Waals surface area (Å²) in [6.07, 6.45) is 3.51. The lowest BCUT2D eigenvalue weighted by atomic mass is 10.1. The van der Waals surface area contributed by atoms with Crippen molar-refractivity contribution >= 4 is 17.5 Å². The Bertz CT molecular complexity index is 767. The molecule has 0 bridgehead atoms. The number of carbonyl (C=O) groups excluding carboxylic acids is 2. The van der Waals surface area contributed by atoms with Gasteiger partial charge in [-0.3, -0.25) is 14.6 Å². The molecule has 118 valence electrons. The van der Waals surface area contributed by atoms with Gasteiger partial charge in [0.1, 0.15) is 5.69 Å². The van der Waals surface area contributed by atoms with E-state index >= 15 is 0 Å². The van der Waals surface area contributed by atoms with Crippen molar-refractivity contribution in [1.82, 2.24) is 10.3 Å². The van der Waals surface area contributed by atoms with Gasteiger partial charge in [-0.05, 0) is 62.1 Å². The van der Waals surface area contributed by atoms with E-state index in [9.17, 15) is 9.59 Å². The summed E-state index contributed by atoms with van der Waals surface area (Å²) in [5.41, 5.74) is 3.70. The summed E-state index contributed by atoms with van der Waals surface area (Å²) in [6, 6.07) is 9.14. The molecule has 5 nitrogen and oxygen atoms in total. The summed E-state index contributed by atoms with van der Waals surface area (Å²) >= 11 is 0. The molecule has 5 heteroatoms. The highest BCUT2D eigenvalue weighted by molar-refractivity contribution is 6.05. The number of aryl methyl sites for hydroxylation is 2. The summed E-state index contributed by atoms with van der Waals surface area (Å²) in [5, 5.41) is 5.71. The van der Waals surface area contributed by atoms with Crippen molar-refractivity contribution in [3.8, 4) is 0 Å². The van der Waals surface area contributed by atoms with E-state index in [2.05, 4.69) is 15.6 Å². The van der Waals surface area contributed by atoms with E-state index in [0.717, 1.165) is 24.1 Å². The maximum atomic E-state index is 12.3. The van der Waals surface area contributed by atoms with Gasteiger partial charge in [0.05, 0.1) is 0 Å². The zero-order valence-corrected chi connectivity index (χ0v) is 13.2. The molecule has 3 rings (SSSR count). The van der Waals surface area contributed by atoms with Gasteiger partial charge >= 0.3 is 0 Å². The van der Waals surface area contributed by atoms with Gasteiger partial charge in [-0.2, -0.15) is 0 Å². The van der Waals surface area contributed by atoms with Crippen molar-refractivity contribution in [1.29, 1.82) is 0 Å². The van der Waals surface area contributed by atoms with Crippen LogP contribution in [0.15, 0.2) is 36.5 Å². The third-order valence-electron chi connectivity index (χ3n) is 3.93. The Morgan fingerprint density at radius 2 is 1.83 bits per heavy atom. The molecule has 0 spiro atoms. The molecule has 0 unspecified atom stereocenters. The molecule has 2 N–H and O–H groups in total. The average molecular weight is 309 g/mol. The van der Waals surface area contributed by atoms with Gasteiger partial charge in [-0.1, -0.05) is 6.07 Å². The Morgan fingerprint density at radius 3 is 2.52 bits per heavy atom. The zero-order valence-electron chi connectivity index (χ0n) is 13.2. The highest BCUT2D eigenvalue weighted by atomic mass is 16.2. The second kappa shape index (κ2) is 6.20. The summed E-state index contributed by atoms with van der Waals surface area (Å²) in [4.78, 5) is 28.4. The number of hydrogen-bond acceptors (Lipinski definition) is 3. The molecule has 1 aliphatic rings. The van der Waals surface area contributed by atoms with E-state index < -0.39 is 0 Å². The van der Waals surface area contributed by atoms with Gasteiger partial charge in [-0.25, -0.2) is 0 Å². The van der Waals surface area contributed by atoms with Crippen LogP contribution in [-0.4, -0.2) is 22.8 Å². The number of carbonyl (C=O) groups is 2. The minimum atomic E-state index is -0.254. The number of amides is 2. The van der Waals surface area contributed by atoms with Gasteiger partial charge in [-0.15, -0.1) is 0 Å². The fourth-order valence-electron chi connectivity index (χ4n) is 2.21. The standard InChI is InChI=1S/C18H19N3O2/c1-11-3-4-15(9-12(11)2)21-17(22)13-7-8-19-16(10-13)18(23)20-14-5-6-14/h3-4,7-10,14H,5-6H2,1-2H3,(H,20,23)(H,21,22). The summed E-state index contributed by atoms with van der Waals surface area (Å²) < 4.78 is 0. The Balaban J connectivity index is 1.73. The maximum Gasteiger partial charge on any atom is 0.270 e. The lowest BCUT2D eigenvalue weighted by Crippen LogP contribution is -2.26. The second-order valence-corrected chi connectivity index (χ2v) is 5.93. The van der Waals surface area contributed by atoms with Crippen LogP contribution in [0.1, 0.15) is 44.8 Å². The zero-order chi connectivity index (χ0) is 16.4. The molecule has 23 heavy (non-hydrogen) atoms. The second-order valence-electron chi connectivity index (χ2n) is 5.93. The van der Waals surface area contributed by atoms with Gasteiger partial charge in [0.25, 0.3) is 11.8 Å². The van der Waals surface area contributed by atoms with E-state index in [0.29, 0.717) is 5.56 Å². The predicted molar refractivity (Wildman–Crippen MR) is 88.6 cm³/mol. The Hall–Kier alpha value is -2.69. The van der Waals surface area contributed by atoms with E-state index in [-0.39, 0.29) is 23.6 Å². The van der Waals surface area contributed by atoms with Crippen LogP contribution in [0.2, 0.25) is 0 Å². The van der Waals surface area contributed by atoms with Crippen molar-refractivity contribution in [3.05, 3.63) is 58.9 Å². The topological polar surface area (TPSA) is 71.1 Å². The number of benzene rings is 1. The van der Waals surface area contributed by atoms with Gasteiger partial charge in [0.2, 0.25) is 0 Å². The number of aromatic nitrogens is 1. The summed E-state index contributed by atoms with van der Waals surface area (Å²) in [6.45, 7) is 4.02. The first kappa shape index (κ1) is 15.2. The molecule has 0 radical (unpaired) electrons. The fraction of sp³-hybridized carbons (Fsp3) is 0.278. The molecule has 2 amide bonds. The Morgan fingerprint density at radius 1 is 1.04 bits per heavy atom. The monoisotopic (exact) mass is 309 g/mol. The van der Waals surface area contributed by atoms with Crippen LogP contribution in [-0.2, 0) is 0 Å². The Kier molecular flexibility index (Phi) is 4.10. The largest absolute Gasteiger partial charge is 0.348 e. The highest BCUT2D eigenvalue weighted by Crippen LogP contribution is 2.19. The fourth-order valence-corrected chi connectivity index (χ4v) is 2.21. The first-order valence-electron chi connectivity index (χ1n) is 7.68. The summed E-state index contributed by atoms with van der Waals surface area (Å²) in [5.74, 6) is -0.482. The first-order chi connectivity index (χ1) is 11.0. The number of hydrogen-bond donors (Lipinski definition) is 2. The molecule has 1 fully saturated rings. The minimum Gasteiger partial charge on any atom is -0.348 e. The molecular formula is C18H19N3O2. The lowest BCUT2D eigenvalue weighted by Gasteiger charge is -2.08. The van der Waals surface area contributed by atoms with Crippen LogP contribution >= 0.6 is 0 Å². The van der Waals surface area contributed by atoms with Crippen molar-refractivity contribution < 1.29 is 9.59 Å². The molecule has 1 aromatic carbocycles. The number of nitrogens with zero attached hydrogens (tertiary/aromatic N) is 1. The normalized spacial score (nSPS) is 13.5. The molecule has 1 saturated carbocycles. The molecule has 1 aromatic heterocycles. The van der Waals surface area contributed by atoms with Gasteiger partial charge in [0, 0.05) is 23.5 Å². The van der Waals surface area contributed by atoms with Crippen molar-refractivity contribution in [3.63, 3.8) is 0 Å². The molecule has 1 aliphatic carbocycles. The van der Waals surface area contributed by atoms with Crippen LogP contribution in [0.25, 0.3) is 0 Å². The third kappa shape index (κ3) is 3.74. The van der Waals surface area contributed by atoms with Crippen LogP contribution in [0.5, 0.6) is 0 Å². The van der Waals surface area contributed by atoms with Crippen LogP contribution in [0.3, 0.4) is 0 Å². The number of pyridine rings is 1. The average Bonchev–Trinajstić information content (AvgIpc) is 3.35. The molecule has 2 aromatic rings. The van der Waals surface area contributed by atoms with Crippen molar-refractivity contribution in [2.75, 3.05) is 5.32 Å². The number of nitrogens with one attached hydrogen (secondary N) is 2. The summed E-state index contributed by atoms with van der Waals surface area (Å²) in [7, 11) is 0. The van der Waals surface area contributed by atoms with Crippen molar-refractivity contribution in [2.45, 2.75) is 32.7 Å². The van der Waals surface area contributed by atoms with E-state index in [1.807, 2.05) is 32.0 Å². The van der Waals surface area contributed by atoms with Crippen LogP contribution in [0.4, 0.5) is 5.69 Å². The molecule has 0 atom stereocenters. The van der Waals surface area contributed by atoms with Gasteiger partial charge in [0.15, 0.2) is 0 Å². The molecular weight excluding hydrogens is 290 g/mol. The highest BCUT2D eigenvalue weighted by Gasteiger charge is 2.24. The smallest absolute Gasteiger partial charge is 0.270 e. The van der Waals surface area contributed by atoms with Crippen molar-refractivity contribution in [2.24, 2.45) is 0 Å². The SMILES string of the molecule is Cc1ccc(NC(=O)c2ccnc(C(=O)NC3CC3)c2)cc1C. The van der Waals surface area contributed by atoms with Crippen LogP contribution in [0, 0.1) is 13.8 Å². The van der Waals surface area contributed by atoms with E-state index in [1.165, 1.54) is 17.8 Å². The predicted octanol–water partition coefficient (Wildman–Crippen LogP) is 2.84. The first-order valence-corrected chi connectivity index (χ1v) is 7.68. The minimum absolute atomic E-state index is 0.228. The quantitative estimate of drug-likeness (QED) is 0.912. The lowest BCUT2D eigenvalue weighted by molar-refractivity contribution is 0.0946. The van der Waals surface area contributed by atoms with Crippen LogP contribution < -0.4 is 10.6 Å². The number of rotatable bonds is 4.